The van der Waals surface area contributed by atoms with Gasteiger partial charge in [-0.05, 0) is 47.7 Å². The standard InChI is InChI=1S/C12H16BrN3O2/c13-11-6-5-10(16(17)18)7-12(11)15-9-3-1-8(14)2-4-9/h5-9,15H,1-4,14H2. The Labute approximate surface area is 114 Å². The van der Waals surface area contributed by atoms with Crippen LogP contribution in [-0.2, 0) is 0 Å². The number of hydrogen-bond donors (Lipinski definition) is 2. The first-order chi connectivity index (χ1) is 8.56. The zero-order valence-corrected chi connectivity index (χ0v) is 11.5. The SMILES string of the molecule is NC1CCC(Nc2cc([N+](=O)[O-])ccc2Br)CC1. The Kier molecular flexibility index (Phi) is 4.19. The Morgan fingerprint density at radius 1 is 1.33 bits per heavy atom. The number of anilines is 1. The van der Waals surface area contributed by atoms with E-state index < -0.39 is 0 Å². The molecule has 0 radical (unpaired) electrons. The quantitative estimate of drug-likeness (QED) is 0.664. The molecule has 2 rings (SSSR count). The molecule has 1 aliphatic carbocycles. The minimum absolute atomic E-state index is 0.105. The molecular weight excluding hydrogens is 298 g/mol. The first-order valence-corrected chi connectivity index (χ1v) is 6.81. The van der Waals surface area contributed by atoms with E-state index in [0.29, 0.717) is 12.1 Å². The van der Waals surface area contributed by atoms with E-state index in [0.717, 1.165) is 35.8 Å². The molecular formula is C12H16BrN3O2. The van der Waals surface area contributed by atoms with E-state index in [1.807, 2.05) is 0 Å². The number of nitrogens with zero attached hydrogens (tertiary/aromatic N) is 1. The number of benzene rings is 1. The number of non-ortho nitro benzene ring substituents is 1. The summed E-state index contributed by atoms with van der Waals surface area (Å²) >= 11 is 3.41. The van der Waals surface area contributed by atoms with E-state index in [1.165, 1.54) is 6.07 Å². The maximum absolute atomic E-state index is 10.7. The van der Waals surface area contributed by atoms with Crippen molar-refractivity contribution in [3.05, 3.63) is 32.8 Å². The fourth-order valence-corrected chi connectivity index (χ4v) is 2.58. The summed E-state index contributed by atoms with van der Waals surface area (Å²) in [5.41, 5.74) is 6.74. The molecule has 5 nitrogen and oxygen atoms in total. The average molecular weight is 314 g/mol. The molecule has 0 heterocycles. The van der Waals surface area contributed by atoms with E-state index in [2.05, 4.69) is 21.2 Å². The van der Waals surface area contributed by atoms with Gasteiger partial charge in [-0.1, -0.05) is 0 Å². The topological polar surface area (TPSA) is 81.2 Å². The van der Waals surface area contributed by atoms with Gasteiger partial charge in [0.2, 0.25) is 0 Å². The summed E-state index contributed by atoms with van der Waals surface area (Å²) in [6.45, 7) is 0. The van der Waals surface area contributed by atoms with E-state index in [1.54, 1.807) is 12.1 Å². The van der Waals surface area contributed by atoms with E-state index in [-0.39, 0.29) is 10.6 Å². The minimum atomic E-state index is -0.381. The van der Waals surface area contributed by atoms with Crippen molar-refractivity contribution in [3.63, 3.8) is 0 Å². The van der Waals surface area contributed by atoms with Gasteiger partial charge in [0.15, 0.2) is 0 Å². The lowest BCUT2D eigenvalue weighted by Gasteiger charge is -2.27. The minimum Gasteiger partial charge on any atom is -0.381 e. The highest BCUT2D eigenvalue weighted by Crippen LogP contribution is 2.30. The number of halogens is 1. The third-order valence-corrected chi connectivity index (χ3v) is 3.98. The van der Waals surface area contributed by atoms with Crippen LogP contribution in [-0.4, -0.2) is 17.0 Å². The zero-order chi connectivity index (χ0) is 13.1. The van der Waals surface area contributed by atoms with Gasteiger partial charge in [0.1, 0.15) is 0 Å². The van der Waals surface area contributed by atoms with Gasteiger partial charge in [0, 0.05) is 28.7 Å². The molecule has 3 N–H and O–H groups in total. The van der Waals surface area contributed by atoms with Crippen LogP contribution in [0.1, 0.15) is 25.7 Å². The predicted molar refractivity (Wildman–Crippen MR) is 74.7 cm³/mol. The van der Waals surface area contributed by atoms with Crippen molar-refractivity contribution < 1.29 is 4.92 Å². The molecule has 1 saturated carbocycles. The highest BCUT2D eigenvalue weighted by atomic mass is 79.9. The van der Waals surface area contributed by atoms with Gasteiger partial charge in [-0.3, -0.25) is 10.1 Å². The normalized spacial score (nSPS) is 23.7. The Balaban J connectivity index is 2.08. The summed E-state index contributed by atoms with van der Waals surface area (Å²) in [5.74, 6) is 0. The van der Waals surface area contributed by atoms with Crippen molar-refractivity contribution >= 4 is 27.3 Å². The summed E-state index contributed by atoms with van der Waals surface area (Å²) in [4.78, 5) is 10.4. The second-order valence-corrected chi connectivity index (χ2v) is 5.53. The van der Waals surface area contributed by atoms with Crippen molar-refractivity contribution in [1.82, 2.24) is 0 Å². The van der Waals surface area contributed by atoms with E-state index >= 15 is 0 Å². The molecule has 6 heteroatoms. The molecule has 0 aliphatic heterocycles. The number of nitrogens with two attached hydrogens (primary N) is 1. The molecule has 0 unspecified atom stereocenters. The number of nitrogens with one attached hydrogen (secondary N) is 1. The van der Waals surface area contributed by atoms with Gasteiger partial charge in [0.25, 0.3) is 5.69 Å². The van der Waals surface area contributed by atoms with Crippen LogP contribution in [0.3, 0.4) is 0 Å². The number of hydrogen-bond acceptors (Lipinski definition) is 4. The highest BCUT2D eigenvalue weighted by Gasteiger charge is 2.19. The molecule has 0 amide bonds. The van der Waals surface area contributed by atoms with Gasteiger partial charge >= 0.3 is 0 Å². The first-order valence-electron chi connectivity index (χ1n) is 6.02. The van der Waals surface area contributed by atoms with Crippen molar-refractivity contribution in [1.29, 1.82) is 0 Å². The van der Waals surface area contributed by atoms with Gasteiger partial charge in [0.05, 0.1) is 10.6 Å². The summed E-state index contributed by atoms with van der Waals surface area (Å²) in [7, 11) is 0. The summed E-state index contributed by atoms with van der Waals surface area (Å²) in [6.07, 6.45) is 4.03. The lowest BCUT2D eigenvalue weighted by molar-refractivity contribution is -0.384. The molecule has 0 spiro atoms. The van der Waals surface area contributed by atoms with Crippen molar-refractivity contribution in [2.75, 3.05) is 5.32 Å². The Hall–Kier alpha value is -1.14. The molecule has 0 bridgehead atoms. The average Bonchev–Trinajstić information content (AvgIpc) is 2.34. The first kappa shape index (κ1) is 13.3. The highest BCUT2D eigenvalue weighted by molar-refractivity contribution is 9.10. The van der Waals surface area contributed by atoms with Gasteiger partial charge in [-0.25, -0.2) is 0 Å². The fraction of sp³-hybridized carbons (Fsp3) is 0.500. The van der Waals surface area contributed by atoms with Gasteiger partial charge in [-0.2, -0.15) is 0 Å². The molecule has 98 valence electrons. The molecule has 1 aromatic rings. The third-order valence-electron chi connectivity index (χ3n) is 3.29. The maximum Gasteiger partial charge on any atom is 0.271 e. The van der Waals surface area contributed by atoms with Crippen LogP contribution in [0.25, 0.3) is 0 Å². The lowest BCUT2D eigenvalue weighted by atomic mass is 9.91. The van der Waals surface area contributed by atoms with Crippen LogP contribution >= 0.6 is 15.9 Å². The van der Waals surface area contributed by atoms with E-state index in [4.69, 9.17) is 5.73 Å². The number of nitro benzene ring substituents is 1. The molecule has 0 aromatic heterocycles. The lowest BCUT2D eigenvalue weighted by Crippen LogP contribution is -2.32. The Morgan fingerprint density at radius 2 is 2.00 bits per heavy atom. The Bertz CT molecular complexity index is 445. The fourth-order valence-electron chi connectivity index (χ4n) is 2.22. The summed E-state index contributed by atoms with van der Waals surface area (Å²) in [6, 6.07) is 5.42. The molecule has 1 aromatic carbocycles. The summed E-state index contributed by atoms with van der Waals surface area (Å²) in [5, 5.41) is 14.1. The molecule has 0 saturated heterocycles. The van der Waals surface area contributed by atoms with Crippen LogP contribution in [0, 0.1) is 10.1 Å². The molecule has 18 heavy (non-hydrogen) atoms. The maximum atomic E-state index is 10.7. The van der Waals surface area contributed by atoms with Crippen LogP contribution in [0.15, 0.2) is 22.7 Å². The smallest absolute Gasteiger partial charge is 0.271 e. The van der Waals surface area contributed by atoms with Crippen LogP contribution in [0.4, 0.5) is 11.4 Å². The largest absolute Gasteiger partial charge is 0.381 e. The summed E-state index contributed by atoms with van der Waals surface area (Å²) < 4.78 is 0.850. The van der Waals surface area contributed by atoms with Crippen molar-refractivity contribution in [3.8, 4) is 0 Å². The number of rotatable bonds is 3. The van der Waals surface area contributed by atoms with Gasteiger partial charge < -0.3 is 11.1 Å². The molecule has 0 atom stereocenters. The predicted octanol–water partition coefficient (Wildman–Crippen LogP) is 3.04. The Morgan fingerprint density at radius 3 is 2.61 bits per heavy atom. The van der Waals surface area contributed by atoms with Crippen LogP contribution in [0.5, 0.6) is 0 Å². The second kappa shape index (κ2) is 5.67. The third kappa shape index (κ3) is 3.20. The van der Waals surface area contributed by atoms with Crippen LogP contribution < -0.4 is 11.1 Å². The van der Waals surface area contributed by atoms with E-state index in [9.17, 15) is 10.1 Å². The van der Waals surface area contributed by atoms with Crippen molar-refractivity contribution in [2.24, 2.45) is 5.73 Å². The number of nitro groups is 1. The van der Waals surface area contributed by atoms with Crippen LogP contribution in [0.2, 0.25) is 0 Å². The second-order valence-electron chi connectivity index (χ2n) is 4.68. The van der Waals surface area contributed by atoms with Crippen molar-refractivity contribution in [2.45, 2.75) is 37.8 Å². The molecule has 1 fully saturated rings. The zero-order valence-electron chi connectivity index (χ0n) is 9.93. The van der Waals surface area contributed by atoms with Gasteiger partial charge in [-0.15, -0.1) is 0 Å². The molecule has 1 aliphatic rings. The monoisotopic (exact) mass is 313 g/mol.